The number of ether oxygens (including phenoxy) is 2. The summed E-state index contributed by atoms with van der Waals surface area (Å²) in [5.74, 6) is 0.672. The number of anilines is 1. The SMILES string of the molecule is CC(C)N1C(=O)c2ccc(NC(=O)NCc3ccc4c(c3)OCO4)cc2C1=O. The molecular weight excluding hydrogens is 362 g/mol. The molecule has 0 aliphatic carbocycles. The van der Waals surface area contributed by atoms with Gasteiger partial charge in [0.05, 0.1) is 11.1 Å². The Hall–Kier alpha value is -3.55. The molecule has 8 nitrogen and oxygen atoms in total. The standard InChI is InChI=1S/C20H19N3O5/c1-11(2)23-18(24)14-5-4-13(8-15(14)19(23)25)22-20(26)21-9-12-3-6-16-17(7-12)28-10-27-16/h3-8,11H,9-10H2,1-2H3,(H2,21,22,26). The van der Waals surface area contributed by atoms with Gasteiger partial charge in [-0.05, 0) is 49.7 Å². The van der Waals surface area contributed by atoms with Gasteiger partial charge in [0.25, 0.3) is 11.8 Å². The molecule has 8 heteroatoms. The van der Waals surface area contributed by atoms with Gasteiger partial charge in [-0.1, -0.05) is 6.07 Å². The number of carbonyl (C=O) groups is 3. The molecule has 4 rings (SSSR count). The fourth-order valence-electron chi connectivity index (χ4n) is 3.21. The van der Waals surface area contributed by atoms with Crippen LogP contribution in [0.1, 0.15) is 40.1 Å². The summed E-state index contributed by atoms with van der Waals surface area (Å²) in [6.07, 6.45) is 0. The zero-order chi connectivity index (χ0) is 19.8. The predicted octanol–water partition coefficient (Wildman–Crippen LogP) is 2.74. The maximum absolute atomic E-state index is 12.4. The lowest BCUT2D eigenvalue weighted by molar-refractivity contribution is 0.0609. The van der Waals surface area contributed by atoms with Crippen LogP contribution >= 0.6 is 0 Å². The van der Waals surface area contributed by atoms with E-state index in [1.54, 1.807) is 32.0 Å². The molecule has 0 bridgehead atoms. The number of hydrogen-bond acceptors (Lipinski definition) is 5. The van der Waals surface area contributed by atoms with Crippen LogP contribution in [0, 0.1) is 0 Å². The van der Waals surface area contributed by atoms with E-state index >= 15 is 0 Å². The number of hydrogen-bond donors (Lipinski definition) is 2. The highest BCUT2D eigenvalue weighted by Crippen LogP contribution is 2.32. The molecule has 144 valence electrons. The summed E-state index contributed by atoms with van der Waals surface area (Å²) >= 11 is 0. The largest absolute Gasteiger partial charge is 0.454 e. The number of rotatable bonds is 4. The fourth-order valence-corrected chi connectivity index (χ4v) is 3.21. The highest BCUT2D eigenvalue weighted by molar-refractivity contribution is 6.22. The molecule has 2 aromatic carbocycles. The first-order valence-electron chi connectivity index (χ1n) is 8.89. The van der Waals surface area contributed by atoms with E-state index in [-0.39, 0.29) is 24.6 Å². The van der Waals surface area contributed by atoms with Crippen LogP contribution in [0.15, 0.2) is 36.4 Å². The van der Waals surface area contributed by atoms with E-state index in [9.17, 15) is 14.4 Å². The quantitative estimate of drug-likeness (QED) is 0.794. The van der Waals surface area contributed by atoms with Gasteiger partial charge in [-0.3, -0.25) is 14.5 Å². The zero-order valence-corrected chi connectivity index (χ0v) is 15.4. The number of fused-ring (bicyclic) bond motifs is 2. The summed E-state index contributed by atoms with van der Waals surface area (Å²) in [4.78, 5) is 38.2. The van der Waals surface area contributed by atoms with Crippen molar-refractivity contribution in [1.82, 2.24) is 10.2 Å². The molecule has 2 aliphatic heterocycles. The van der Waals surface area contributed by atoms with Crippen LogP contribution in [-0.4, -0.2) is 35.6 Å². The van der Waals surface area contributed by atoms with Gasteiger partial charge in [-0.15, -0.1) is 0 Å². The molecular formula is C20H19N3O5. The van der Waals surface area contributed by atoms with E-state index in [4.69, 9.17) is 9.47 Å². The molecule has 0 atom stereocenters. The van der Waals surface area contributed by atoms with Gasteiger partial charge >= 0.3 is 6.03 Å². The number of amides is 4. The average Bonchev–Trinajstić information content (AvgIpc) is 3.22. The monoisotopic (exact) mass is 381 g/mol. The Labute approximate surface area is 161 Å². The van der Waals surface area contributed by atoms with Gasteiger partial charge in [0.15, 0.2) is 11.5 Å². The van der Waals surface area contributed by atoms with Crippen LogP contribution < -0.4 is 20.1 Å². The Morgan fingerprint density at radius 1 is 1.04 bits per heavy atom. The maximum atomic E-state index is 12.4. The normalized spacial score (nSPS) is 14.5. The lowest BCUT2D eigenvalue weighted by atomic mass is 10.1. The highest BCUT2D eigenvalue weighted by atomic mass is 16.7. The summed E-state index contributed by atoms with van der Waals surface area (Å²) in [7, 11) is 0. The second kappa shape index (κ2) is 6.88. The molecule has 2 aromatic rings. The number of nitrogens with one attached hydrogen (secondary N) is 2. The van der Waals surface area contributed by atoms with Crippen molar-refractivity contribution in [3.05, 3.63) is 53.1 Å². The Balaban J connectivity index is 1.41. The van der Waals surface area contributed by atoms with E-state index in [0.717, 1.165) is 5.56 Å². The Bertz CT molecular complexity index is 986. The second-order valence-corrected chi connectivity index (χ2v) is 6.83. The number of urea groups is 1. The topological polar surface area (TPSA) is 97.0 Å². The summed E-state index contributed by atoms with van der Waals surface area (Å²) in [5, 5.41) is 5.43. The third kappa shape index (κ3) is 3.13. The highest BCUT2D eigenvalue weighted by Gasteiger charge is 2.37. The summed E-state index contributed by atoms with van der Waals surface area (Å²) in [5.41, 5.74) is 1.95. The Morgan fingerprint density at radius 2 is 1.79 bits per heavy atom. The Morgan fingerprint density at radius 3 is 2.57 bits per heavy atom. The lowest BCUT2D eigenvalue weighted by Crippen LogP contribution is -2.35. The van der Waals surface area contributed by atoms with Gasteiger partial charge in [0, 0.05) is 18.3 Å². The first-order valence-corrected chi connectivity index (χ1v) is 8.89. The molecule has 0 saturated heterocycles. The molecule has 2 aliphatic rings. The maximum Gasteiger partial charge on any atom is 0.319 e. The van der Waals surface area contributed by atoms with Gasteiger partial charge in [-0.25, -0.2) is 4.79 Å². The van der Waals surface area contributed by atoms with Crippen LogP contribution in [0.5, 0.6) is 11.5 Å². The van der Waals surface area contributed by atoms with Crippen molar-refractivity contribution in [2.75, 3.05) is 12.1 Å². The first kappa shape index (κ1) is 17.8. The minimum absolute atomic E-state index is 0.195. The third-order valence-electron chi connectivity index (χ3n) is 4.58. The van der Waals surface area contributed by atoms with E-state index < -0.39 is 6.03 Å². The van der Waals surface area contributed by atoms with Crippen LogP contribution in [-0.2, 0) is 6.54 Å². The summed E-state index contributed by atoms with van der Waals surface area (Å²) in [6.45, 7) is 4.06. The molecule has 0 spiro atoms. The van der Waals surface area contributed by atoms with Crippen molar-refractivity contribution in [3.8, 4) is 11.5 Å². The van der Waals surface area contributed by atoms with Crippen LogP contribution in [0.25, 0.3) is 0 Å². The molecule has 0 saturated carbocycles. The average molecular weight is 381 g/mol. The molecule has 4 amide bonds. The second-order valence-electron chi connectivity index (χ2n) is 6.83. The number of benzene rings is 2. The van der Waals surface area contributed by atoms with Gasteiger partial charge < -0.3 is 20.1 Å². The number of carbonyl (C=O) groups excluding carboxylic acids is 3. The molecule has 0 radical (unpaired) electrons. The zero-order valence-electron chi connectivity index (χ0n) is 15.4. The minimum atomic E-state index is -0.421. The first-order chi connectivity index (χ1) is 13.4. The predicted molar refractivity (Wildman–Crippen MR) is 101 cm³/mol. The molecule has 2 N–H and O–H groups in total. The van der Waals surface area contributed by atoms with Crippen LogP contribution in [0.3, 0.4) is 0 Å². The third-order valence-corrected chi connectivity index (χ3v) is 4.58. The van der Waals surface area contributed by atoms with E-state index in [2.05, 4.69) is 10.6 Å². The van der Waals surface area contributed by atoms with Gasteiger partial charge in [0.1, 0.15) is 0 Å². The fraction of sp³-hybridized carbons (Fsp3) is 0.250. The lowest BCUT2D eigenvalue weighted by Gasteiger charge is -2.17. The molecule has 0 fully saturated rings. The van der Waals surface area contributed by atoms with Crippen molar-refractivity contribution < 1.29 is 23.9 Å². The van der Waals surface area contributed by atoms with Crippen molar-refractivity contribution in [1.29, 1.82) is 0 Å². The van der Waals surface area contributed by atoms with E-state index in [1.165, 1.54) is 11.0 Å². The smallest absolute Gasteiger partial charge is 0.319 e. The molecule has 0 aromatic heterocycles. The van der Waals surface area contributed by atoms with Crippen molar-refractivity contribution in [2.24, 2.45) is 0 Å². The van der Waals surface area contributed by atoms with Crippen molar-refractivity contribution >= 4 is 23.5 Å². The molecule has 28 heavy (non-hydrogen) atoms. The van der Waals surface area contributed by atoms with Crippen LogP contribution in [0.2, 0.25) is 0 Å². The van der Waals surface area contributed by atoms with E-state index in [0.29, 0.717) is 34.9 Å². The number of nitrogens with zero attached hydrogens (tertiary/aromatic N) is 1. The van der Waals surface area contributed by atoms with Crippen LogP contribution in [0.4, 0.5) is 10.5 Å². The van der Waals surface area contributed by atoms with Crippen molar-refractivity contribution in [3.63, 3.8) is 0 Å². The minimum Gasteiger partial charge on any atom is -0.454 e. The van der Waals surface area contributed by atoms with Gasteiger partial charge in [-0.2, -0.15) is 0 Å². The van der Waals surface area contributed by atoms with Gasteiger partial charge in [0.2, 0.25) is 6.79 Å². The summed E-state index contributed by atoms with van der Waals surface area (Å²) < 4.78 is 10.6. The van der Waals surface area contributed by atoms with Crippen molar-refractivity contribution in [2.45, 2.75) is 26.4 Å². The van der Waals surface area contributed by atoms with E-state index in [1.807, 2.05) is 12.1 Å². The number of imide groups is 1. The Kier molecular flexibility index (Phi) is 4.38. The summed E-state index contributed by atoms with van der Waals surface area (Å²) in [6, 6.07) is 9.48. The molecule has 2 heterocycles. The molecule has 0 unspecified atom stereocenters.